The van der Waals surface area contributed by atoms with Gasteiger partial charge in [0.05, 0.1) is 24.0 Å². The van der Waals surface area contributed by atoms with Gasteiger partial charge in [-0.15, -0.1) is 0 Å². The number of benzene rings is 1. The summed E-state index contributed by atoms with van der Waals surface area (Å²) in [5, 5.41) is 8.77. The molecule has 1 saturated heterocycles. The van der Waals surface area contributed by atoms with E-state index in [1.165, 1.54) is 29.2 Å². The number of morpholine rings is 1. The van der Waals surface area contributed by atoms with Crippen LogP contribution in [-0.2, 0) is 19.4 Å². The SMILES string of the molecule is CS(=O)(=O)c1ccc(C(=O)N2CCOC(CC(=O)O)C2)cc1. The summed E-state index contributed by atoms with van der Waals surface area (Å²) in [6.07, 6.45) is 0.421. The summed E-state index contributed by atoms with van der Waals surface area (Å²) in [6.45, 7) is 0.868. The van der Waals surface area contributed by atoms with Crippen LogP contribution in [0.3, 0.4) is 0 Å². The van der Waals surface area contributed by atoms with Gasteiger partial charge in [0.2, 0.25) is 0 Å². The minimum atomic E-state index is -3.30. The number of aliphatic carboxylic acids is 1. The summed E-state index contributed by atoms with van der Waals surface area (Å²) in [5.74, 6) is -1.24. The molecule has 0 saturated carbocycles. The van der Waals surface area contributed by atoms with Crippen LogP contribution in [0.4, 0.5) is 0 Å². The number of nitrogens with zero attached hydrogens (tertiary/aromatic N) is 1. The Morgan fingerprint density at radius 3 is 2.50 bits per heavy atom. The van der Waals surface area contributed by atoms with E-state index in [1.807, 2.05) is 0 Å². The normalized spacial score (nSPS) is 19.0. The zero-order valence-electron chi connectivity index (χ0n) is 12.1. The third-order valence-corrected chi connectivity index (χ3v) is 4.49. The number of carboxylic acid groups (broad SMARTS) is 1. The van der Waals surface area contributed by atoms with Crippen molar-refractivity contribution in [3.8, 4) is 0 Å². The first-order valence-corrected chi connectivity index (χ1v) is 8.59. The molecule has 120 valence electrons. The summed E-state index contributed by atoms with van der Waals surface area (Å²) in [6, 6.07) is 5.69. The Labute approximate surface area is 128 Å². The van der Waals surface area contributed by atoms with E-state index in [0.29, 0.717) is 12.1 Å². The number of carbonyl (C=O) groups is 2. The number of amides is 1. The summed E-state index contributed by atoms with van der Waals surface area (Å²) >= 11 is 0. The molecule has 1 aliphatic rings. The average molecular weight is 327 g/mol. The molecule has 1 aromatic rings. The maximum Gasteiger partial charge on any atom is 0.306 e. The first-order valence-electron chi connectivity index (χ1n) is 6.70. The molecule has 1 unspecified atom stereocenters. The van der Waals surface area contributed by atoms with Crippen LogP contribution in [0.25, 0.3) is 0 Å². The Kier molecular flexibility index (Phi) is 4.82. The summed E-state index contributed by atoms with van der Waals surface area (Å²) in [7, 11) is -3.30. The van der Waals surface area contributed by atoms with E-state index in [4.69, 9.17) is 9.84 Å². The highest BCUT2D eigenvalue weighted by Crippen LogP contribution is 2.15. The van der Waals surface area contributed by atoms with Crippen molar-refractivity contribution in [3.05, 3.63) is 29.8 Å². The molecule has 0 spiro atoms. The molecule has 22 heavy (non-hydrogen) atoms. The standard InChI is InChI=1S/C14H17NO6S/c1-22(19,20)12-4-2-10(3-5-12)14(18)15-6-7-21-11(9-15)8-13(16)17/h2-5,11H,6-9H2,1H3,(H,16,17). The molecule has 0 aromatic heterocycles. The Hall–Kier alpha value is -1.93. The Balaban J connectivity index is 2.09. The summed E-state index contributed by atoms with van der Waals surface area (Å²) in [5.41, 5.74) is 0.364. The number of carboxylic acids is 1. The van der Waals surface area contributed by atoms with Crippen molar-refractivity contribution in [1.29, 1.82) is 0 Å². The van der Waals surface area contributed by atoms with E-state index in [0.717, 1.165) is 6.26 Å². The second-order valence-corrected chi connectivity index (χ2v) is 7.15. The van der Waals surface area contributed by atoms with E-state index in [1.54, 1.807) is 0 Å². The second-order valence-electron chi connectivity index (χ2n) is 5.14. The summed E-state index contributed by atoms with van der Waals surface area (Å²) in [4.78, 5) is 24.7. The van der Waals surface area contributed by atoms with Gasteiger partial charge in [-0.2, -0.15) is 0 Å². The van der Waals surface area contributed by atoms with E-state index < -0.39 is 21.9 Å². The van der Waals surface area contributed by atoms with Crippen LogP contribution in [0, 0.1) is 0 Å². The van der Waals surface area contributed by atoms with Crippen molar-refractivity contribution < 1.29 is 27.9 Å². The zero-order chi connectivity index (χ0) is 16.3. The predicted octanol–water partition coefficient (Wildman–Crippen LogP) is 0.406. The third kappa shape index (κ3) is 4.05. The molecule has 0 radical (unpaired) electrons. The van der Waals surface area contributed by atoms with Gasteiger partial charge in [-0.25, -0.2) is 8.42 Å². The van der Waals surface area contributed by atoms with Crippen molar-refractivity contribution in [2.45, 2.75) is 17.4 Å². The molecule has 1 amide bonds. The highest BCUT2D eigenvalue weighted by molar-refractivity contribution is 7.90. The molecule has 1 heterocycles. The van der Waals surface area contributed by atoms with Crippen molar-refractivity contribution in [2.75, 3.05) is 26.0 Å². The number of carbonyl (C=O) groups excluding carboxylic acids is 1. The van der Waals surface area contributed by atoms with E-state index in [-0.39, 0.29) is 30.4 Å². The highest BCUT2D eigenvalue weighted by Gasteiger charge is 2.26. The molecule has 1 N–H and O–H groups in total. The molecule has 8 heteroatoms. The topological polar surface area (TPSA) is 101 Å². The van der Waals surface area contributed by atoms with Gasteiger partial charge < -0.3 is 14.7 Å². The van der Waals surface area contributed by atoms with Gasteiger partial charge in [-0.3, -0.25) is 9.59 Å². The van der Waals surface area contributed by atoms with E-state index in [9.17, 15) is 18.0 Å². The molecule has 2 rings (SSSR count). The van der Waals surface area contributed by atoms with Crippen LogP contribution in [-0.4, -0.2) is 62.4 Å². The lowest BCUT2D eigenvalue weighted by Crippen LogP contribution is -2.46. The quantitative estimate of drug-likeness (QED) is 0.859. The van der Waals surface area contributed by atoms with Gasteiger partial charge in [0.1, 0.15) is 0 Å². The van der Waals surface area contributed by atoms with Gasteiger partial charge in [0, 0.05) is 24.9 Å². The number of hydrogen-bond acceptors (Lipinski definition) is 5. The zero-order valence-corrected chi connectivity index (χ0v) is 12.9. The van der Waals surface area contributed by atoms with Crippen LogP contribution in [0.15, 0.2) is 29.2 Å². The monoisotopic (exact) mass is 327 g/mol. The molecule has 1 fully saturated rings. The predicted molar refractivity (Wildman–Crippen MR) is 77.4 cm³/mol. The van der Waals surface area contributed by atoms with Crippen molar-refractivity contribution in [1.82, 2.24) is 4.90 Å². The molecule has 0 bridgehead atoms. The van der Waals surface area contributed by atoms with Gasteiger partial charge in [0.15, 0.2) is 9.84 Å². The minimum absolute atomic E-state index is 0.148. The first kappa shape index (κ1) is 16.4. The molecule has 0 aliphatic carbocycles. The number of sulfone groups is 1. The Morgan fingerprint density at radius 2 is 1.95 bits per heavy atom. The van der Waals surface area contributed by atoms with E-state index in [2.05, 4.69) is 0 Å². The third-order valence-electron chi connectivity index (χ3n) is 3.36. The number of ether oxygens (including phenoxy) is 1. The molecule has 1 aliphatic heterocycles. The van der Waals surface area contributed by atoms with Crippen molar-refractivity contribution >= 4 is 21.7 Å². The maximum atomic E-state index is 12.4. The van der Waals surface area contributed by atoms with Gasteiger partial charge in [-0.05, 0) is 24.3 Å². The fourth-order valence-electron chi connectivity index (χ4n) is 2.25. The summed E-state index contributed by atoms with van der Waals surface area (Å²) < 4.78 is 28.1. The molecule has 1 atom stereocenters. The van der Waals surface area contributed by atoms with Crippen molar-refractivity contribution in [3.63, 3.8) is 0 Å². The van der Waals surface area contributed by atoms with E-state index >= 15 is 0 Å². The fourth-order valence-corrected chi connectivity index (χ4v) is 2.88. The Bertz CT molecular complexity index is 667. The lowest BCUT2D eigenvalue weighted by atomic mass is 10.1. The maximum absolute atomic E-state index is 12.4. The molecule has 7 nitrogen and oxygen atoms in total. The average Bonchev–Trinajstić information content (AvgIpc) is 2.45. The minimum Gasteiger partial charge on any atom is -0.481 e. The fraction of sp³-hybridized carbons (Fsp3) is 0.429. The highest BCUT2D eigenvalue weighted by atomic mass is 32.2. The smallest absolute Gasteiger partial charge is 0.306 e. The molecule has 1 aromatic carbocycles. The number of rotatable bonds is 4. The Morgan fingerprint density at radius 1 is 1.32 bits per heavy atom. The lowest BCUT2D eigenvalue weighted by Gasteiger charge is -2.32. The van der Waals surface area contributed by atoms with Crippen LogP contribution in [0.1, 0.15) is 16.8 Å². The van der Waals surface area contributed by atoms with Gasteiger partial charge in [-0.1, -0.05) is 0 Å². The molecular weight excluding hydrogens is 310 g/mol. The van der Waals surface area contributed by atoms with Crippen LogP contribution in [0.2, 0.25) is 0 Å². The number of hydrogen-bond donors (Lipinski definition) is 1. The van der Waals surface area contributed by atoms with Crippen LogP contribution >= 0.6 is 0 Å². The van der Waals surface area contributed by atoms with Crippen LogP contribution in [0.5, 0.6) is 0 Å². The van der Waals surface area contributed by atoms with Crippen molar-refractivity contribution in [2.24, 2.45) is 0 Å². The lowest BCUT2D eigenvalue weighted by molar-refractivity contribution is -0.141. The second kappa shape index (κ2) is 6.45. The molecular formula is C14H17NO6S. The first-order chi connectivity index (χ1) is 10.3. The largest absolute Gasteiger partial charge is 0.481 e. The van der Waals surface area contributed by atoms with Gasteiger partial charge >= 0.3 is 5.97 Å². The van der Waals surface area contributed by atoms with Crippen LogP contribution < -0.4 is 0 Å². The van der Waals surface area contributed by atoms with Gasteiger partial charge in [0.25, 0.3) is 5.91 Å².